The van der Waals surface area contributed by atoms with E-state index >= 15 is 0 Å². The Morgan fingerprint density at radius 1 is 1.57 bits per heavy atom. The van der Waals surface area contributed by atoms with Crippen LogP contribution in [-0.2, 0) is 0 Å². The predicted octanol–water partition coefficient (Wildman–Crippen LogP) is 3.73. The molecule has 0 aliphatic heterocycles. The topological polar surface area (TPSA) is 12.0 Å². The van der Waals surface area contributed by atoms with E-state index in [0.29, 0.717) is 0 Å². The SMILES string of the molecule is CNCC(C)=Cc1cc(Cl)ccc1Br. The Morgan fingerprint density at radius 2 is 2.29 bits per heavy atom. The van der Waals surface area contributed by atoms with Crippen molar-refractivity contribution in [3.63, 3.8) is 0 Å². The minimum absolute atomic E-state index is 0.761. The van der Waals surface area contributed by atoms with E-state index in [1.54, 1.807) is 0 Å². The first-order valence-electron chi connectivity index (χ1n) is 4.40. The van der Waals surface area contributed by atoms with E-state index in [2.05, 4.69) is 34.2 Å². The molecule has 1 aromatic rings. The predicted molar refractivity (Wildman–Crippen MR) is 66.7 cm³/mol. The fourth-order valence-electron chi connectivity index (χ4n) is 1.22. The Labute approximate surface area is 98.3 Å². The average Bonchev–Trinajstić information content (AvgIpc) is 2.12. The Bertz CT molecular complexity index is 347. The van der Waals surface area contributed by atoms with Crippen LogP contribution < -0.4 is 5.32 Å². The second-order valence-corrected chi connectivity index (χ2v) is 4.48. The van der Waals surface area contributed by atoms with Crippen LogP contribution in [0.2, 0.25) is 5.02 Å². The average molecular weight is 275 g/mol. The molecule has 1 N–H and O–H groups in total. The summed E-state index contributed by atoms with van der Waals surface area (Å²) >= 11 is 9.40. The van der Waals surface area contributed by atoms with Crippen LogP contribution in [0.1, 0.15) is 12.5 Å². The van der Waals surface area contributed by atoms with E-state index in [1.807, 2.05) is 25.2 Å². The number of benzene rings is 1. The molecule has 14 heavy (non-hydrogen) atoms. The van der Waals surface area contributed by atoms with Crippen molar-refractivity contribution < 1.29 is 0 Å². The molecule has 0 aromatic heterocycles. The standard InChI is InChI=1S/C11H13BrClN/c1-8(7-14-2)5-9-6-10(13)3-4-11(9)12/h3-6,14H,7H2,1-2H3. The highest BCUT2D eigenvalue weighted by Gasteiger charge is 1.98. The molecule has 0 bridgehead atoms. The van der Waals surface area contributed by atoms with E-state index in [4.69, 9.17) is 11.6 Å². The molecule has 1 rings (SSSR count). The lowest BCUT2D eigenvalue weighted by Gasteiger charge is -2.03. The van der Waals surface area contributed by atoms with E-state index in [-0.39, 0.29) is 0 Å². The van der Waals surface area contributed by atoms with Crippen LogP contribution in [0.15, 0.2) is 28.2 Å². The molecule has 0 heterocycles. The van der Waals surface area contributed by atoms with Crippen LogP contribution in [-0.4, -0.2) is 13.6 Å². The van der Waals surface area contributed by atoms with Crippen LogP contribution in [0, 0.1) is 0 Å². The second kappa shape index (κ2) is 5.54. The van der Waals surface area contributed by atoms with Crippen LogP contribution in [0.5, 0.6) is 0 Å². The van der Waals surface area contributed by atoms with Gasteiger partial charge in [0.1, 0.15) is 0 Å². The van der Waals surface area contributed by atoms with Crippen molar-refractivity contribution >= 4 is 33.6 Å². The maximum atomic E-state index is 5.91. The van der Waals surface area contributed by atoms with Gasteiger partial charge in [-0.1, -0.05) is 39.2 Å². The number of nitrogens with one attached hydrogen (secondary N) is 1. The largest absolute Gasteiger partial charge is 0.316 e. The van der Waals surface area contributed by atoms with Crippen molar-refractivity contribution in [3.8, 4) is 0 Å². The Kier molecular flexibility index (Phi) is 4.66. The van der Waals surface area contributed by atoms with Gasteiger partial charge in [-0.25, -0.2) is 0 Å². The summed E-state index contributed by atoms with van der Waals surface area (Å²) in [6.07, 6.45) is 2.12. The summed E-state index contributed by atoms with van der Waals surface area (Å²) in [5.74, 6) is 0. The molecule has 3 heteroatoms. The van der Waals surface area contributed by atoms with Gasteiger partial charge in [0, 0.05) is 16.0 Å². The van der Waals surface area contributed by atoms with Gasteiger partial charge >= 0.3 is 0 Å². The van der Waals surface area contributed by atoms with Gasteiger partial charge < -0.3 is 5.32 Å². The van der Waals surface area contributed by atoms with Gasteiger partial charge in [0.15, 0.2) is 0 Å². The molecule has 0 spiro atoms. The summed E-state index contributed by atoms with van der Waals surface area (Å²) in [6, 6.07) is 5.78. The summed E-state index contributed by atoms with van der Waals surface area (Å²) in [5, 5.41) is 3.87. The molecule has 0 saturated carbocycles. The number of hydrogen-bond donors (Lipinski definition) is 1. The summed E-state index contributed by atoms with van der Waals surface area (Å²) in [5.41, 5.74) is 2.39. The molecule has 0 amide bonds. The van der Waals surface area contributed by atoms with Gasteiger partial charge in [-0.3, -0.25) is 0 Å². The van der Waals surface area contributed by atoms with Crippen molar-refractivity contribution in [1.29, 1.82) is 0 Å². The van der Waals surface area contributed by atoms with Crippen molar-refractivity contribution in [1.82, 2.24) is 5.32 Å². The van der Waals surface area contributed by atoms with Gasteiger partial charge in [0.25, 0.3) is 0 Å². The fourth-order valence-corrected chi connectivity index (χ4v) is 1.76. The molecule has 0 unspecified atom stereocenters. The Morgan fingerprint density at radius 3 is 2.93 bits per heavy atom. The van der Waals surface area contributed by atoms with E-state index < -0.39 is 0 Å². The van der Waals surface area contributed by atoms with Gasteiger partial charge in [-0.2, -0.15) is 0 Å². The van der Waals surface area contributed by atoms with E-state index in [0.717, 1.165) is 21.6 Å². The smallest absolute Gasteiger partial charge is 0.0412 e. The maximum Gasteiger partial charge on any atom is 0.0412 e. The summed E-state index contributed by atoms with van der Waals surface area (Å²) in [6.45, 7) is 2.97. The highest BCUT2D eigenvalue weighted by atomic mass is 79.9. The summed E-state index contributed by atoms with van der Waals surface area (Å²) in [7, 11) is 1.93. The quantitative estimate of drug-likeness (QED) is 0.886. The van der Waals surface area contributed by atoms with Crippen molar-refractivity contribution in [3.05, 3.63) is 38.8 Å². The monoisotopic (exact) mass is 273 g/mol. The molecule has 1 aromatic carbocycles. The number of rotatable bonds is 3. The lowest BCUT2D eigenvalue weighted by atomic mass is 10.1. The molecular formula is C11H13BrClN. The molecular weight excluding hydrogens is 261 g/mol. The lowest BCUT2D eigenvalue weighted by molar-refractivity contribution is 0.884. The zero-order chi connectivity index (χ0) is 10.6. The first-order chi connectivity index (χ1) is 6.63. The van der Waals surface area contributed by atoms with E-state index in [9.17, 15) is 0 Å². The van der Waals surface area contributed by atoms with Gasteiger partial charge in [0.05, 0.1) is 0 Å². The fraction of sp³-hybridized carbons (Fsp3) is 0.273. The molecule has 0 atom stereocenters. The van der Waals surface area contributed by atoms with Crippen molar-refractivity contribution in [2.75, 3.05) is 13.6 Å². The van der Waals surface area contributed by atoms with Gasteiger partial charge in [0.2, 0.25) is 0 Å². The number of hydrogen-bond acceptors (Lipinski definition) is 1. The van der Waals surface area contributed by atoms with Crippen molar-refractivity contribution in [2.24, 2.45) is 0 Å². The minimum Gasteiger partial charge on any atom is -0.316 e. The Balaban J connectivity index is 2.95. The van der Waals surface area contributed by atoms with Gasteiger partial charge in [-0.05, 0) is 37.7 Å². The van der Waals surface area contributed by atoms with Crippen LogP contribution in [0.25, 0.3) is 6.08 Å². The maximum absolute atomic E-state index is 5.91. The highest BCUT2D eigenvalue weighted by Crippen LogP contribution is 2.23. The summed E-state index contributed by atoms with van der Waals surface area (Å²) < 4.78 is 1.07. The zero-order valence-electron chi connectivity index (χ0n) is 8.27. The first-order valence-corrected chi connectivity index (χ1v) is 5.57. The first kappa shape index (κ1) is 11.8. The lowest BCUT2D eigenvalue weighted by Crippen LogP contribution is -2.08. The molecule has 76 valence electrons. The molecule has 1 nitrogen and oxygen atoms in total. The molecule has 0 aliphatic rings. The normalized spacial score (nSPS) is 11.9. The third-order valence-corrected chi connectivity index (χ3v) is 2.77. The Hall–Kier alpha value is -0.310. The molecule has 0 fully saturated rings. The molecule has 0 radical (unpaired) electrons. The van der Waals surface area contributed by atoms with Gasteiger partial charge in [-0.15, -0.1) is 0 Å². The zero-order valence-corrected chi connectivity index (χ0v) is 10.6. The van der Waals surface area contributed by atoms with Crippen LogP contribution in [0.4, 0.5) is 0 Å². The molecule has 0 aliphatic carbocycles. The van der Waals surface area contributed by atoms with E-state index in [1.165, 1.54) is 5.57 Å². The third kappa shape index (κ3) is 3.45. The minimum atomic E-state index is 0.761. The van der Waals surface area contributed by atoms with Crippen molar-refractivity contribution in [2.45, 2.75) is 6.92 Å². The third-order valence-electron chi connectivity index (χ3n) is 1.82. The second-order valence-electron chi connectivity index (χ2n) is 3.19. The number of halogens is 2. The van der Waals surface area contributed by atoms with Crippen LogP contribution in [0.3, 0.4) is 0 Å². The number of likely N-dealkylation sites (N-methyl/N-ethyl adjacent to an activating group) is 1. The highest BCUT2D eigenvalue weighted by molar-refractivity contribution is 9.10. The summed E-state index contributed by atoms with van der Waals surface area (Å²) in [4.78, 5) is 0. The van der Waals surface area contributed by atoms with Crippen LogP contribution >= 0.6 is 27.5 Å². The molecule has 0 saturated heterocycles.